The summed E-state index contributed by atoms with van der Waals surface area (Å²) in [5.74, 6) is 2.85. The molecule has 2 radical (unpaired) electrons. The predicted octanol–water partition coefficient (Wildman–Crippen LogP) is 6.65. The molecule has 0 heterocycles. The van der Waals surface area contributed by atoms with Crippen molar-refractivity contribution in [3.8, 4) is 0 Å². The van der Waals surface area contributed by atoms with E-state index in [0.29, 0.717) is 0 Å². The molecule has 0 aliphatic heterocycles. The molecule has 0 atom stereocenters. The summed E-state index contributed by atoms with van der Waals surface area (Å²) < 4.78 is 9.42. The van der Waals surface area contributed by atoms with Gasteiger partial charge in [0.1, 0.15) is 0 Å². The van der Waals surface area contributed by atoms with E-state index in [4.69, 9.17) is 0 Å². The van der Waals surface area contributed by atoms with Crippen molar-refractivity contribution in [1.82, 2.24) is 0 Å². The Hall–Kier alpha value is -0.743. The Labute approximate surface area is 212 Å². The van der Waals surface area contributed by atoms with E-state index in [0.717, 1.165) is 17.8 Å². The molecule has 0 N–H and O–H groups in total. The number of hydrogen-bond acceptors (Lipinski definition) is 0. The molecule has 32 heavy (non-hydrogen) atoms. The van der Waals surface area contributed by atoms with Gasteiger partial charge in [-0.2, -0.15) is 0 Å². The normalized spacial score (nSPS) is 11.3. The van der Waals surface area contributed by atoms with Crippen LogP contribution in [0.3, 0.4) is 0 Å². The molecule has 0 aliphatic rings. The Kier molecular flexibility index (Phi) is 13.1. The maximum absolute atomic E-state index is 2.39. The van der Waals surface area contributed by atoms with Crippen LogP contribution >= 0.6 is 0 Å². The van der Waals surface area contributed by atoms with E-state index in [2.05, 4.69) is 133 Å². The molecule has 2 heteroatoms. The summed E-state index contributed by atoms with van der Waals surface area (Å²) in [6.45, 7) is 14.3. The first-order valence-electron chi connectivity index (χ1n) is 12.2. The third-order valence-corrected chi connectivity index (χ3v) is 25.0. The molecule has 0 spiro atoms. The fourth-order valence-electron chi connectivity index (χ4n) is 4.30. The fraction of sp³-hybridized carbons (Fsp3) is 0.400. The van der Waals surface area contributed by atoms with Crippen LogP contribution in [0.1, 0.15) is 41.5 Å². The van der Waals surface area contributed by atoms with Crippen LogP contribution in [-0.2, 0) is 0 Å². The van der Waals surface area contributed by atoms with Gasteiger partial charge in [0, 0.05) is 0 Å². The third-order valence-electron chi connectivity index (χ3n) is 5.28. The van der Waals surface area contributed by atoms with Crippen molar-refractivity contribution in [1.29, 1.82) is 0 Å². The Bertz CT molecular complexity index is 724. The first-order valence-corrected chi connectivity index (χ1v) is 22.6. The average molecular weight is 640 g/mol. The molecule has 0 unspecified atom stereocenters. The zero-order valence-electron chi connectivity index (χ0n) is 21.0. The summed E-state index contributed by atoms with van der Waals surface area (Å²) in [6.07, 6.45) is 0. The van der Waals surface area contributed by atoms with Gasteiger partial charge in [0.15, 0.2) is 0 Å². The van der Waals surface area contributed by atoms with Crippen molar-refractivity contribution in [2.24, 2.45) is 17.8 Å². The molecule has 0 saturated heterocycles. The average Bonchev–Trinajstić information content (AvgIpc) is 2.75. The van der Waals surface area contributed by atoms with Gasteiger partial charge in [0.2, 0.25) is 0 Å². The molecule has 0 fully saturated rings. The zero-order chi connectivity index (χ0) is 23.3. The van der Waals surface area contributed by atoms with E-state index >= 15 is 0 Å². The SMILES string of the molecule is CC(C)[CH2][Sn]([CH2]C(C)C)[CH2]C(C)C.c1cc[c]([Sn]([c]2ccccc2)[c]2ccccc2)cc1. The van der Waals surface area contributed by atoms with Crippen LogP contribution in [0.5, 0.6) is 0 Å². The molecule has 0 amide bonds. The van der Waals surface area contributed by atoms with E-state index in [1.807, 2.05) is 0 Å². The molecule has 3 rings (SSSR count). The molecule has 0 aromatic heterocycles. The zero-order valence-corrected chi connectivity index (χ0v) is 26.7. The van der Waals surface area contributed by atoms with Gasteiger partial charge < -0.3 is 0 Å². The topological polar surface area (TPSA) is 0 Å². The van der Waals surface area contributed by atoms with E-state index in [1.54, 1.807) is 13.3 Å². The molecular formula is C30H42Sn2. The van der Waals surface area contributed by atoms with Gasteiger partial charge in [-0.3, -0.25) is 0 Å². The summed E-state index contributed by atoms with van der Waals surface area (Å²) >= 11 is -2.96. The summed E-state index contributed by atoms with van der Waals surface area (Å²) in [4.78, 5) is 0. The van der Waals surface area contributed by atoms with Gasteiger partial charge in [0.05, 0.1) is 0 Å². The van der Waals surface area contributed by atoms with Gasteiger partial charge >= 0.3 is 214 Å². The molecule has 3 aromatic rings. The summed E-state index contributed by atoms with van der Waals surface area (Å²) in [5.41, 5.74) is 0. The molecule has 0 nitrogen and oxygen atoms in total. The Balaban J connectivity index is 0.000000247. The number of hydrogen-bond donors (Lipinski definition) is 0. The second-order valence-corrected chi connectivity index (χ2v) is 24.9. The van der Waals surface area contributed by atoms with Crippen LogP contribution in [0.2, 0.25) is 13.3 Å². The molecule has 3 aromatic carbocycles. The minimum absolute atomic E-state index is 0.951. The van der Waals surface area contributed by atoms with Crippen molar-refractivity contribution in [2.75, 3.05) is 0 Å². The Morgan fingerprint density at radius 1 is 0.438 bits per heavy atom. The Morgan fingerprint density at radius 2 is 0.688 bits per heavy atom. The van der Waals surface area contributed by atoms with Crippen molar-refractivity contribution >= 4 is 50.3 Å². The van der Waals surface area contributed by atoms with Crippen LogP contribution in [0, 0.1) is 17.8 Å². The van der Waals surface area contributed by atoms with E-state index in [1.165, 1.54) is 10.7 Å². The first kappa shape index (κ1) is 27.5. The minimum atomic E-state index is -1.98. The molecule has 0 saturated carbocycles. The van der Waals surface area contributed by atoms with Crippen molar-refractivity contribution in [3.05, 3.63) is 91.0 Å². The monoisotopic (exact) mass is 642 g/mol. The molecule has 0 bridgehead atoms. The molecule has 0 aliphatic carbocycles. The number of rotatable bonds is 9. The van der Waals surface area contributed by atoms with Crippen LogP contribution in [0.15, 0.2) is 91.0 Å². The van der Waals surface area contributed by atoms with Gasteiger partial charge in [-0.15, -0.1) is 0 Å². The van der Waals surface area contributed by atoms with E-state index in [9.17, 15) is 0 Å². The van der Waals surface area contributed by atoms with Gasteiger partial charge in [-0.05, 0) is 0 Å². The first-order chi connectivity index (χ1) is 15.4. The van der Waals surface area contributed by atoms with E-state index in [-0.39, 0.29) is 0 Å². The molecular weight excluding hydrogens is 598 g/mol. The number of benzene rings is 3. The van der Waals surface area contributed by atoms with Crippen LogP contribution < -0.4 is 10.7 Å². The van der Waals surface area contributed by atoms with Gasteiger partial charge in [-0.1, -0.05) is 0 Å². The van der Waals surface area contributed by atoms with Crippen molar-refractivity contribution in [3.63, 3.8) is 0 Å². The van der Waals surface area contributed by atoms with E-state index < -0.39 is 39.5 Å². The van der Waals surface area contributed by atoms with Crippen molar-refractivity contribution < 1.29 is 0 Å². The molecule has 170 valence electrons. The standard InChI is InChI=1S/3C6H5.3C4H9.2Sn/c3*1-2-4-6-5-3-1;3*1-4(2)3;;/h3*1-5H;3*4H,1H2,2-3H3;;. The summed E-state index contributed by atoms with van der Waals surface area (Å²) in [7, 11) is 0. The second-order valence-electron chi connectivity index (χ2n) is 10.0. The van der Waals surface area contributed by atoms with Crippen LogP contribution in [0.4, 0.5) is 0 Å². The van der Waals surface area contributed by atoms with Crippen LogP contribution in [0.25, 0.3) is 0 Å². The van der Waals surface area contributed by atoms with Crippen molar-refractivity contribution in [2.45, 2.75) is 54.9 Å². The summed E-state index contributed by atoms with van der Waals surface area (Å²) in [5, 5.41) is 0. The van der Waals surface area contributed by atoms with Crippen LogP contribution in [-0.4, -0.2) is 39.5 Å². The maximum atomic E-state index is 2.39. The van der Waals surface area contributed by atoms with Gasteiger partial charge in [-0.25, -0.2) is 0 Å². The van der Waals surface area contributed by atoms with Gasteiger partial charge in [0.25, 0.3) is 0 Å². The third kappa shape index (κ3) is 10.5. The quantitative estimate of drug-likeness (QED) is 0.230. The predicted molar refractivity (Wildman–Crippen MR) is 149 cm³/mol. The Morgan fingerprint density at radius 3 is 0.906 bits per heavy atom. The summed E-state index contributed by atoms with van der Waals surface area (Å²) in [6, 6.07) is 32.9. The second kappa shape index (κ2) is 15.2. The fourth-order valence-corrected chi connectivity index (χ4v) is 23.0.